The summed E-state index contributed by atoms with van der Waals surface area (Å²) in [7, 11) is 0. The Labute approximate surface area is 126 Å². The summed E-state index contributed by atoms with van der Waals surface area (Å²) in [4.78, 5) is 23.9. The molecular formula is C16H28N2O3. The van der Waals surface area contributed by atoms with Crippen LogP contribution in [0.3, 0.4) is 0 Å². The van der Waals surface area contributed by atoms with Crippen molar-refractivity contribution in [2.45, 2.75) is 64.3 Å². The minimum Gasteiger partial charge on any atom is -0.481 e. The zero-order valence-corrected chi connectivity index (χ0v) is 12.9. The number of carboxylic acids is 1. The maximum absolute atomic E-state index is 12.2. The molecular weight excluding hydrogens is 268 g/mol. The van der Waals surface area contributed by atoms with Crippen LogP contribution in [0.5, 0.6) is 0 Å². The molecule has 5 heteroatoms. The predicted molar refractivity (Wildman–Crippen MR) is 80.6 cm³/mol. The van der Waals surface area contributed by atoms with Crippen LogP contribution in [0.15, 0.2) is 0 Å². The van der Waals surface area contributed by atoms with Crippen molar-refractivity contribution in [3.8, 4) is 0 Å². The summed E-state index contributed by atoms with van der Waals surface area (Å²) in [6, 6.07) is 0.222. The van der Waals surface area contributed by atoms with Gasteiger partial charge in [-0.3, -0.25) is 9.59 Å². The minimum atomic E-state index is -0.764. The molecule has 0 aromatic heterocycles. The molecule has 4 N–H and O–H groups in total. The van der Waals surface area contributed by atoms with Gasteiger partial charge in [-0.15, -0.1) is 0 Å². The van der Waals surface area contributed by atoms with Crippen LogP contribution in [0.4, 0.5) is 0 Å². The van der Waals surface area contributed by atoms with Gasteiger partial charge in [0, 0.05) is 18.5 Å². The van der Waals surface area contributed by atoms with Gasteiger partial charge >= 0.3 is 5.97 Å². The Hall–Kier alpha value is -1.10. The van der Waals surface area contributed by atoms with Crippen molar-refractivity contribution >= 4 is 11.9 Å². The zero-order chi connectivity index (χ0) is 15.5. The average Bonchev–Trinajstić information content (AvgIpc) is 2.47. The second-order valence-electron chi connectivity index (χ2n) is 7.10. The zero-order valence-electron chi connectivity index (χ0n) is 12.9. The Morgan fingerprint density at radius 3 is 2.24 bits per heavy atom. The monoisotopic (exact) mass is 296 g/mol. The van der Waals surface area contributed by atoms with E-state index in [9.17, 15) is 14.7 Å². The van der Waals surface area contributed by atoms with Gasteiger partial charge in [0.05, 0.1) is 5.41 Å². The van der Waals surface area contributed by atoms with Gasteiger partial charge in [0.15, 0.2) is 0 Å². The Bertz CT molecular complexity index is 381. The molecule has 1 amide bonds. The third-order valence-corrected chi connectivity index (χ3v) is 5.43. The fourth-order valence-corrected chi connectivity index (χ4v) is 3.56. The molecule has 0 aromatic carbocycles. The van der Waals surface area contributed by atoms with Crippen LogP contribution in [0.1, 0.15) is 58.3 Å². The van der Waals surface area contributed by atoms with Crippen molar-refractivity contribution in [2.75, 3.05) is 6.54 Å². The molecule has 120 valence electrons. The van der Waals surface area contributed by atoms with Gasteiger partial charge in [-0.1, -0.05) is 6.92 Å². The Balaban J connectivity index is 1.87. The summed E-state index contributed by atoms with van der Waals surface area (Å²) in [5.41, 5.74) is 5.10. The highest BCUT2D eigenvalue weighted by atomic mass is 16.4. The molecule has 0 bridgehead atoms. The van der Waals surface area contributed by atoms with Gasteiger partial charge in [-0.05, 0) is 57.3 Å². The van der Waals surface area contributed by atoms with E-state index in [1.165, 1.54) is 0 Å². The Kier molecular flexibility index (Phi) is 5.25. The molecule has 0 spiro atoms. The van der Waals surface area contributed by atoms with Crippen molar-refractivity contribution in [1.82, 2.24) is 5.32 Å². The molecule has 0 atom stereocenters. The van der Waals surface area contributed by atoms with Crippen LogP contribution in [0.25, 0.3) is 0 Å². The number of amides is 1. The second-order valence-corrected chi connectivity index (χ2v) is 7.10. The number of carbonyl (C=O) groups excluding carboxylic acids is 1. The third kappa shape index (κ3) is 3.96. The quantitative estimate of drug-likeness (QED) is 0.738. The first-order chi connectivity index (χ1) is 9.93. The van der Waals surface area contributed by atoms with E-state index < -0.39 is 11.4 Å². The lowest BCUT2D eigenvalue weighted by atomic mass is 9.70. The molecule has 0 saturated heterocycles. The first kappa shape index (κ1) is 16.3. The first-order valence-electron chi connectivity index (χ1n) is 8.19. The second kappa shape index (κ2) is 6.77. The first-order valence-corrected chi connectivity index (χ1v) is 8.19. The number of carbonyl (C=O) groups is 2. The molecule has 21 heavy (non-hydrogen) atoms. The molecule has 0 aromatic rings. The topological polar surface area (TPSA) is 92.4 Å². The molecule has 2 aliphatic carbocycles. The summed E-state index contributed by atoms with van der Waals surface area (Å²) >= 11 is 0. The van der Waals surface area contributed by atoms with E-state index in [0.717, 1.165) is 38.5 Å². The number of nitrogens with one attached hydrogen (secondary N) is 1. The van der Waals surface area contributed by atoms with E-state index in [0.29, 0.717) is 18.8 Å². The summed E-state index contributed by atoms with van der Waals surface area (Å²) in [5.74, 6) is -0.146. The number of carboxylic acid groups (broad SMARTS) is 1. The maximum atomic E-state index is 12.2. The van der Waals surface area contributed by atoms with Crippen LogP contribution in [-0.4, -0.2) is 29.6 Å². The molecule has 2 fully saturated rings. The van der Waals surface area contributed by atoms with Gasteiger partial charge in [0.1, 0.15) is 0 Å². The molecule has 2 aliphatic rings. The molecule has 0 unspecified atom stereocenters. The standard InChI is InChI=1S/C16H28N2O3/c1-11-6-8-16(9-7-11,15(20)21)10-18-14(19)12-2-4-13(17)5-3-12/h11-13H,2-10,17H2,1H3,(H,18,19)(H,20,21). The van der Waals surface area contributed by atoms with Gasteiger partial charge < -0.3 is 16.2 Å². The highest BCUT2D eigenvalue weighted by molar-refractivity contribution is 5.80. The van der Waals surface area contributed by atoms with E-state index in [1.54, 1.807) is 0 Å². The van der Waals surface area contributed by atoms with Gasteiger partial charge in [-0.25, -0.2) is 0 Å². The lowest BCUT2D eigenvalue weighted by Gasteiger charge is -2.36. The number of hydrogen-bond acceptors (Lipinski definition) is 3. The van der Waals surface area contributed by atoms with Crippen LogP contribution in [0, 0.1) is 17.3 Å². The van der Waals surface area contributed by atoms with Gasteiger partial charge in [0.2, 0.25) is 5.91 Å². The Morgan fingerprint density at radius 1 is 1.14 bits per heavy atom. The molecule has 2 rings (SSSR count). The minimum absolute atomic E-state index is 0.0122. The van der Waals surface area contributed by atoms with Crippen LogP contribution in [0.2, 0.25) is 0 Å². The molecule has 2 saturated carbocycles. The summed E-state index contributed by atoms with van der Waals surface area (Å²) in [6.45, 7) is 2.44. The SMILES string of the molecule is CC1CCC(CNC(=O)C2CCC(N)CC2)(C(=O)O)CC1. The summed E-state index contributed by atoms with van der Waals surface area (Å²) in [5, 5.41) is 12.5. The number of hydrogen-bond donors (Lipinski definition) is 3. The smallest absolute Gasteiger partial charge is 0.311 e. The molecule has 5 nitrogen and oxygen atoms in total. The maximum Gasteiger partial charge on any atom is 0.311 e. The lowest BCUT2D eigenvalue weighted by Crippen LogP contribution is -2.47. The van der Waals surface area contributed by atoms with E-state index in [-0.39, 0.29) is 24.4 Å². The van der Waals surface area contributed by atoms with Crippen molar-refractivity contribution in [2.24, 2.45) is 23.0 Å². The van der Waals surface area contributed by atoms with Crippen LogP contribution in [-0.2, 0) is 9.59 Å². The number of nitrogens with two attached hydrogens (primary N) is 1. The van der Waals surface area contributed by atoms with E-state index in [1.807, 2.05) is 0 Å². The third-order valence-electron chi connectivity index (χ3n) is 5.43. The van der Waals surface area contributed by atoms with E-state index >= 15 is 0 Å². The summed E-state index contributed by atoms with van der Waals surface area (Å²) in [6.07, 6.45) is 6.62. The highest BCUT2D eigenvalue weighted by Gasteiger charge is 2.41. The lowest BCUT2D eigenvalue weighted by molar-refractivity contribution is -0.151. The molecule has 0 radical (unpaired) electrons. The average molecular weight is 296 g/mol. The highest BCUT2D eigenvalue weighted by Crippen LogP contribution is 2.38. The fraction of sp³-hybridized carbons (Fsp3) is 0.875. The van der Waals surface area contributed by atoms with Crippen LogP contribution >= 0.6 is 0 Å². The molecule has 0 aliphatic heterocycles. The van der Waals surface area contributed by atoms with Crippen molar-refractivity contribution < 1.29 is 14.7 Å². The molecule has 0 heterocycles. The fourth-order valence-electron chi connectivity index (χ4n) is 3.56. The van der Waals surface area contributed by atoms with Gasteiger partial charge in [0.25, 0.3) is 0 Å². The summed E-state index contributed by atoms with van der Waals surface area (Å²) < 4.78 is 0. The van der Waals surface area contributed by atoms with Crippen molar-refractivity contribution in [1.29, 1.82) is 0 Å². The normalized spacial score (nSPS) is 37.0. The Morgan fingerprint density at radius 2 is 1.71 bits per heavy atom. The largest absolute Gasteiger partial charge is 0.481 e. The van der Waals surface area contributed by atoms with Crippen molar-refractivity contribution in [3.05, 3.63) is 0 Å². The number of aliphatic carboxylic acids is 1. The van der Waals surface area contributed by atoms with E-state index in [4.69, 9.17) is 5.73 Å². The van der Waals surface area contributed by atoms with Crippen molar-refractivity contribution in [3.63, 3.8) is 0 Å². The predicted octanol–water partition coefficient (Wildman–Crippen LogP) is 1.90. The van der Waals surface area contributed by atoms with E-state index in [2.05, 4.69) is 12.2 Å². The number of rotatable bonds is 4. The van der Waals surface area contributed by atoms with Gasteiger partial charge in [-0.2, -0.15) is 0 Å². The van der Waals surface area contributed by atoms with Crippen LogP contribution < -0.4 is 11.1 Å².